The molecule has 0 aliphatic heterocycles. The summed E-state index contributed by atoms with van der Waals surface area (Å²) in [5, 5.41) is 4.74. The molecule has 3 rings (SSSR count). The summed E-state index contributed by atoms with van der Waals surface area (Å²) in [6.45, 7) is 2.60. The minimum Gasteiger partial charge on any atom is -0.462 e. The second-order valence-electron chi connectivity index (χ2n) is 5.52. The van der Waals surface area contributed by atoms with Crippen LogP contribution in [0, 0.1) is 5.82 Å². The summed E-state index contributed by atoms with van der Waals surface area (Å²) >= 11 is 1.40. The van der Waals surface area contributed by atoms with Crippen LogP contribution in [0.15, 0.2) is 35.7 Å². The number of nitrogens with one attached hydrogen (secondary N) is 2. The van der Waals surface area contributed by atoms with Gasteiger partial charge in [-0.05, 0) is 43.4 Å². The summed E-state index contributed by atoms with van der Waals surface area (Å²) in [5.74, 6) is -0.271. The Hall–Kier alpha value is -2.61. The third-order valence-electron chi connectivity index (χ3n) is 3.86. The molecule has 0 spiro atoms. The first kappa shape index (κ1) is 18.2. The van der Waals surface area contributed by atoms with Gasteiger partial charge in [-0.25, -0.2) is 19.2 Å². The van der Waals surface area contributed by atoms with E-state index in [0.717, 1.165) is 16.5 Å². The predicted molar refractivity (Wildman–Crippen MR) is 100 cm³/mol. The molecule has 0 bridgehead atoms. The maximum Gasteiger partial charge on any atom is 0.343 e. The van der Waals surface area contributed by atoms with Crippen molar-refractivity contribution in [3.63, 3.8) is 0 Å². The Kier molecular flexibility index (Phi) is 5.72. The fourth-order valence-corrected chi connectivity index (χ4v) is 2.98. The predicted octanol–water partition coefficient (Wildman–Crippen LogP) is 3.65. The molecule has 0 radical (unpaired) electrons. The number of carbonyl (C=O) groups excluding carboxylic acids is 1. The van der Waals surface area contributed by atoms with Gasteiger partial charge in [0.25, 0.3) is 0 Å². The van der Waals surface area contributed by atoms with Crippen LogP contribution in [0.25, 0.3) is 10.9 Å². The van der Waals surface area contributed by atoms with E-state index < -0.39 is 5.97 Å². The van der Waals surface area contributed by atoms with Crippen LogP contribution < -0.4 is 5.32 Å². The molecule has 0 aliphatic rings. The molecule has 26 heavy (non-hydrogen) atoms. The summed E-state index contributed by atoms with van der Waals surface area (Å²) in [4.78, 5) is 23.7. The van der Waals surface area contributed by atoms with Crippen LogP contribution in [0.5, 0.6) is 0 Å². The summed E-state index contributed by atoms with van der Waals surface area (Å²) in [5.41, 5.74) is 2.13. The number of nitrogens with zero attached hydrogens (tertiary/aromatic N) is 2. The van der Waals surface area contributed by atoms with Gasteiger partial charge in [-0.15, -0.1) is 0 Å². The molecular weight excluding hydrogens is 355 g/mol. The van der Waals surface area contributed by atoms with E-state index in [1.54, 1.807) is 13.0 Å². The Morgan fingerprint density at radius 3 is 3.04 bits per heavy atom. The van der Waals surface area contributed by atoms with Crippen LogP contribution in [-0.2, 0) is 11.2 Å². The maximum absolute atomic E-state index is 13.3. The van der Waals surface area contributed by atoms with E-state index in [4.69, 9.17) is 4.74 Å². The number of rotatable bonds is 7. The van der Waals surface area contributed by atoms with Crippen LogP contribution in [0.3, 0.4) is 0 Å². The number of hydrogen-bond acceptors (Lipinski definition) is 6. The molecule has 136 valence electrons. The highest BCUT2D eigenvalue weighted by molar-refractivity contribution is 7.98. The SMILES string of the molecule is CCOC(=O)c1cnc(SC)nc1NCCc1c[nH]c2cc(F)ccc12. The van der Waals surface area contributed by atoms with Crippen molar-refractivity contribution in [1.82, 2.24) is 15.0 Å². The van der Waals surface area contributed by atoms with Gasteiger partial charge < -0.3 is 15.0 Å². The maximum atomic E-state index is 13.3. The lowest BCUT2D eigenvalue weighted by Crippen LogP contribution is -2.14. The standard InChI is InChI=1S/C18H19FN4O2S/c1-3-25-17(24)14-10-22-18(26-2)23-16(14)20-7-6-11-9-21-15-8-12(19)4-5-13(11)15/h4-5,8-10,21H,3,6-7H2,1-2H3,(H,20,22,23). The minimum atomic E-state index is -0.453. The number of H-pyrrole nitrogens is 1. The van der Waals surface area contributed by atoms with Gasteiger partial charge in [-0.3, -0.25) is 0 Å². The van der Waals surface area contributed by atoms with Crippen molar-refractivity contribution in [2.24, 2.45) is 0 Å². The Bertz CT molecular complexity index is 929. The van der Waals surface area contributed by atoms with Crippen molar-refractivity contribution in [3.8, 4) is 0 Å². The molecule has 0 unspecified atom stereocenters. The molecule has 0 atom stereocenters. The van der Waals surface area contributed by atoms with Crippen molar-refractivity contribution in [2.75, 3.05) is 24.7 Å². The normalized spacial score (nSPS) is 10.9. The number of carbonyl (C=O) groups is 1. The lowest BCUT2D eigenvalue weighted by atomic mass is 10.1. The monoisotopic (exact) mass is 374 g/mol. The lowest BCUT2D eigenvalue weighted by Gasteiger charge is -2.11. The van der Waals surface area contributed by atoms with Crippen LogP contribution in [0.2, 0.25) is 0 Å². The van der Waals surface area contributed by atoms with Gasteiger partial charge in [0.15, 0.2) is 5.16 Å². The van der Waals surface area contributed by atoms with Gasteiger partial charge in [-0.1, -0.05) is 11.8 Å². The van der Waals surface area contributed by atoms with Crippen molar-refractivity contribution >= 4 is 34.5 Å². The zero-order chi connectivity index (χ0) is 18.5. The number of halogens is 1. The molecule has 1 aromatic carbocycles. The topological polar surface area (TPSA) is 79.9 Å². The molecule has 8 heteroatoms. The molecule has 6 nitrogen and oxygen atoms in total. The molecule has 0 fully saturated rings. The van der Waals surface area contributed by atoms with Crippen LogP contribution >= 0.6 is 11.8 Å². The molecule has 0 saturated carbocycles. The van der Waals surface area contributed by atoms with Gasteiger partial charge in [0.2, 0.25) is 0 Å². The number of esters is 1. The van der Waals surface area contributed by atoms with Crippen LogP contribution in [-0.4, -0.2) is 40.3 Å². The first-order valence-corrected chi connectivity index (χ1v) is 9.42. The Morgan fingerprint density at radius 2 is 2.27 bits per heavy atom. The Balaban J connectivity index is 1.74. The molecule has 0 aliphatic carbocycles. The van der Waals surface area contributed by atoms with E-state index in [2.05, 4.69) is 20.3 Å². The van der Waals surface area contributed by atoms with Crippen molar-refractivity contribution in [1.29, 1.82) is 0 Å². The highest BCUT2D eigenvalue weighted by atomic mass is 32.2. The first-order valence-electron chi connectivity index (χ1n) is 8.20. The number of ether oxygens (including phenoxy) is 1. The number of anilines is 1. The summed E-state index contributed by atoms with van der Waals surface area (Å²) in [6.07, 6.45) is 5.90. The number of aromatic nitrogens is 3. The molecule has 0 amide bonds. The highest BCUT2D eigenvalue weighted by Gasteiger charge is 2.16. The number of benzene rings is 1. The average Bonchev–Trinajstić information content (AvgIpc) is 3.03. The summed E-state index contributed by atoms with van der Waals surface area (Å²) in [7, 11) is 0. The van der Waals surface area contributed by atoms with Gasteiger partial charge in [0, 0.05) is 29.8 Å². The highest BCUT2D eigenvalue weighted by Crippen LogP contribution is 2.21. The van der Waals surface area contributed by atoms with Gasteiger partial charge in [-0.2, -0.15) is 0 Å². The number of thioether (sulfide) groups is 1. The van der Waals surface area contributed by atoms with Crippen molar-refractivity contribution in [3.05, 3.63) is 47.5 Å². The first-order chi connectivity index (χ1) is 12.6. The van der Waals surface area contributed by atoms with E-state index in [1.807, 2.05) is 12.5 Å². The van der Waals surface area contributed by atoms with Gasteiger partial charge in [0.05, 0.1) is 6.61 Å². The Labute approximate surface area is 154 Å². The number of aromatic amines is 1. The lowest BCUT2D eigenvalue weighted by molar-refractivity contribution is 0.0526. The third kappa shape index (κ3) is 3.96. The van der Waals surface area contributed by atoms with Gasteiger partial charge >= 0.3 is 5.97 Å². The van der Waals surface area contributed by atoms with E-state index in [9.17, 15) is 9.18 Å². The average molecular weight is 374 g/mol. The summed E-state index contributed by atoms with van der Waals surface area (Å²) in [6, 6.07) is 4.68. The number of fused-ring (bicyclic) bond motifs is 1. The zero-order valence-electron chi connectivity index (χ0n) is 14.5. The quantitative estimate of drug-likeness (QED) is 0.373. The number of hydrogen-bond donors (Lipinski definition) is 2. The second-order valence-corrected chi connectivity index (χ2v) is 6.29. The van der Waals surface area contributed by atoms with E-state index in [1.165, 1.54) is 30.1 Å². The third-order valence-corrected chi connectivity index (χ3v) is 4.42. The van der Waals surface area contributed by atoms with Crippen LogP contribution in [0.4, 0.5) is 10.2 Å². The second kappa shape index (κ2) is 8.18. The molecule has 2 aromatic heterocycles. The molecule has 2 N–H and O–H groups in total. The van der Waals surface area contributed by atoms with Crippen molar-refractivity contribution < 1.29 is 13.9 Å². The van der Waals surface area contributed by atoms with Crippen molar-refractivity contribution in [2.45, 2.75) is 18.5 Å². The van der Waals surface area contributed by atoms with E-state index >= 15 is 0 Å². The molecule has 2 heterocycles. The zero-order valence-corrected chi connectivity index (χ0v) is 15.3. The van der Waals surface area contributed by atoms with Gasteiger partial charge in [0.1, 0.15) is 17.2 Å². The fourth-order valence-electron chi connectivity index (χ4n) is 2.64. The molecule has 3 aromatic rings. The summed E-state index contributed by atoms with van der Waals surface area (Å²) < 4.78 is 18.3. The van der Waals surface area contributed by atoms with Crippen LogP contribution in [0.1, 0.15) is 22.8 Å². The smallest absolute Gasteiger partial charge is 0.343 e. The molecular formula is C18H19FN4O2S. The molecule has 0 saturated heterocycles. The van der Waals surface area contributed by atoms with E-state index in [0.29, 0.717) is 29.5 Å². The largest absolute Gasteiger partial charge is 0.462 e. The van der Waals surface area contributed by atoms with E-state index in [-0.39, 0.29) is 12.4 Å². The fraction of sp³-hybridized carbons (Fsp3) is 0.278. The Morgan fingerprint density at radius 1 is 1.42 bits per heavy atom. The minimum absolute atomic E-state index is 0.270.